The third kappa shape index (κ3) is 1.82. The summed E-state index contributed by atoms with van der Waals surface area (Å²) in [5, 5.41) is 10.4. The van der Waals surface area contributed by atoms with Crippen LogP contribution >= 0.6 is 0 Å². The number of imidazole rings is 1. The quantitative estimate of drug-likeness (QED) is 0.896. The molecule has 1 N–H and O–H groups in total. The summed E-state index contributed by atoms with van der Waals surface area (Å²) in [7, 11) is 3.69. The lowest BCUT2D eigenvalue weighted by Gasteiger charge is -2.42. The minimum absolute atomic E-state index is 0.199. The van der Waals surface area contributed by atoms with Crippen molar-refractivity contribution in [2.24, 2.45) is 7.05 Å². The Morgan fingerprint density at radius 2 is 2.17 bits per heavy atom. The largest absolute Gasteiger partial charge is 0.389 e. The van der Waals surface area contributed by atoms with Crippen molar-refractivity contribution >= 4 is 11.0 Å². The molecule has 0 atom stereocenters. The van der Waals surface area contributed by atoms with Gasteiger partial charge in [0, 0.05) is 33.4 Å². The molecule has 1 aliphatic carbocycles. The standard InChI is InChI=1S/C14H18N2O2/c1-16-12-6-4-3-5-11(12)15-13(16)9-14(17)7-10(8-14)18-2/h3-6,10,17H,7-9H2,1-2H3. The zero-order valence-corrected chi connectivity index (χ0v) is 10.8. The second-order valence-electron chi connectivity index (χ2n) is 5.24. The van der Waals surface area contributed by atoms with Crippen molar-refractivity contribution < 1.29 is 9.84 Å². The predicted molar refractivity (Wildman–Crippen MR) is 69.4 cm³/mol. The highest BCUT2D eigenvalue weighted by atomic mass is 16.5. The van der Waals surface area contributed by atoms with E-state index in [1.165, 1.54) is 0 Å². The second kappa shape index (κ2) is 4.07. The second-order valence-corrected chi connectivity index (χ2v) is 5.24. The van der Waals surface area contributed by atoms with Crippen molar-refractivity contribution in [3.8, 4) is 0 Å². The van der Waals surface area contributed by atoms with E-state index in [0.29, 0.717) is 19.3 Å². The zero-order chi connectivity index (χ0) is 12.8. The molecule has 1 aromatic carbocycles. The number of hydrogen-bond donors (Lipinski definition) is 1. The van der Waals surface area contributed by atoms with E-state index < -0.39 is 5.60 Å². The maximum atomic E-state index is 10.4. The SMILES string of the molecule is COC1CC(O)(Cc2nc3ccccc3n2C)C1. The first-order chi connectivity index (χ1) is 8.61. The first-order valence-corrected chi connectivity index (χ1v) is 6.27. The van der Waals surface area contributed by atoms with Crippen LogP contribution in [0.3, 0.4) is 0 Å². The van der Waals surface area contributed by atoms with E-state index >= 15 is 0 Å². The number of aliphatic hydroxyl groups is 1. The number of benzene rings is 1. The highest BCUT2D eigenvalue weighted by Crippen LogP contribution is 2.37. The molecule has 0 amide bonds. The minimum Gasteiger partial charge on any atom is -0.389 e. The number of fused-ring (bicyclic) bond motifs is 1. The molecule has 0 spiro atoms. The molecular formula is C14H18N2O2. The van der Waals surface area contributed by atoms with Gasteiger partial charge in [0.05, 0.1) is 22.7 Å². The zero-order valence-electron chi connectivity index (χ0n) is 10.8. The molecule has 3 rings (SSSR count). The molecule has 0 radical (unpaired) electrons. The molecule has 96 valence electrons. The van der Waals surface area contributed by atoms with Gasteiger partial charge in [0.2, 0.25) is 0 Å². The monoisotopic (exact) mass is 246 g/mol. The van der Waals surface area contributed by atoms with E-state index in [4.69, 9.17) is 4.74 Å². The van der Waals surface area contributed by atoms with E-state index in [9.17, 15) is 5.11 Å². The molecule has 1 heterocycles. The lowest BCUT2D eigenvalue weighted by Crippen LogP contribution is -2.49. The number of aromatic nitrogens is 2. The van der Waals surface area contributed by atoms with Crippen LogP contribution in [0, 0.1) is 0 Å². The summed E-state index contributed by atoms with van der Waals surface area (Å²) >= 11 is 0. The molecule has 0 aliphatic heterocycles. The Bertz CT molecular complexity index is 570. The van der Waals surface area contributed by atoms with E-state index in [2.05, 4.69) is 15.6 Å². The van der Waals surface area contributed by atoms with Gasteiger partial charge in [-0.2, -0.15) is 0 Å². The topological polar surface area (TPSA) is 47.3 Å². The fraction of sp³-hybridized carbons (Fsp3) is 0.500. The van der Waals surface area contributed by atoms with Crippen molar-refractivity contribution in [3.05, 3.63) is 30.1 Å². The minimum atomic E-state index is -0.643. The van der Waals surface area contributed by atoms with Crippen LogP contribution in [-0.2, 0) is 18.2 Å². The summed E-state index contributed by atoms with van der Waals surface area (Å²) in [5.74, 6) is 0.938. The molecular weight excluding hydrogens is 228 g/mol. The third-order valence-corrected chi connectivity index (χ3v) is 3.92. The summed E-state index contributed by atoms with van der Waals surface area (Å²) in [6.45, 7) is 0. The molecule has 4 heteroatoms. The van der Waals surface area contributed by atoms with Gasteiger partial charge in [0.15, 0.2) is 0 Å². The number of aryl methyl sites for hydroxylation is 1. The number of nitrogens with zero attached hydrogens (tertiary/aromatic N) is 2. The first kappa shape index (κ1) is 11.7. The Balaban J connectivity index is 1.85. The summed E-state index contributed by atoms with van der Waals surface area (Å²) < 4.78 is 7.28. The molecule has 1 fully saturated rings. The Hall–Kier alpha value is -1.39. The summed E-state index contributed by atoms with van der Waals surface area (Å²) in [6.07, 6.45) is 2.20. The molecule has 18 heavy (non-hydrogen) atoms. The maximum Gasteiger partial charge on any atom is 0.112 e. The number of hydrogen-bond acceptors (Lipinski definition) is 3. The average molecular weight is 246 g/mol. The van der Waals surface area contributed by atoms with Crippen LogP contribution in [0.1, 0.15) is 18.7 Å². The van der Waals surface area contributed by atoms with Gasteiger partial charge in [-0.1, -0.05) is 12.1 Å². The van der Waals surface area contributed by atoms with Crippen LogP contribution in [0.2, 0.25) is 0 Å². The number of ether oxygens (including phenoxy) is 1. The molecule has 1 aliphatic rings. The molecule has 0 saturated heterocycles. The van der Waals surface area contributed by atoms with Gasteiger partial charge in [-0.25, -0.2) is 4.98 Å². The van der Waals surface area contributed by atoms with E-state index in [0.717, 1.165) is 16.9 Å². The number of rotatable bonds is 3. The van der Waals surface area contributed by atoms with Gasteiger partial charge in [-0.3, -0.25) is 0 Å². The fourth-order valence-electron chi connectivity index (χ4n) is 2.75. The van der Waals surface area contributed by atoms with Crippen molar-refractivity contribution in [1.82, 2.24) is 9.55 Å². The van der Waals surface area contributed by atoms with Gasteiger partial charge in [0.1, 0.15) is 5.82 Å². The fourth-order valence-corrected chi connectivity index (χ4v) is 2.75. The van der Waals surface area contributed by atoms with E-state index in [1.54, 1.807) is 7.11 Å². The van der Waals surface area contributed by atoms with Crippen molar-refractivity contribution in [1.29, 1.82) is 0 Å². The van der Waals surface area contributed by atoms with Crippen LogP contribution in [0.15, 0.2) is 24.3 Å². The Labute approximate surface area is 106 Å². The van der Waals surface area contributed by atoms with Gasteiger partial charge >= 0.3 is 0 Å². The Morgan fingerprint density at radius 3 is 2.83 bits per heavy atom. The molecule has 1 aromatic heterocycles. The highest BCUT2D eigenvalue weighted by molar-refractivity contribution is 5.75. The van der Waals surface area contributed by atoms with Crippen LogP contribution in [0.5, 0.6) is 0 Å². The van der Waals surface area contributed by atoms with Gasteiger partial charge in [-0.05, 0) is 12.1 Å². The summed E-state index contributed by atoms with van der Waals surface area (Å²) in [6, 6.07) is 8.04. The smallest absolute Gasteiger partial charge is 0.112 e. The number of para-hydroxylation sites is 2. The number of methoxy groups -OCH3 is 1. The molecule has 2 aromatic rings. The predicted octanol–water partition coefficient (Wildman–Crippen LogP) is 1.66. The van der Waals surface area contributed by atoms with Crippen LogP contribution in [0.4, 0.5) is 0 Å². The van der Waals surface area contributed by atoms with E-state index in [-0.39, 0.29) is 6.10 Å². The maximum absolute atomic E-state index is 10.4. The Morgan fingerprint density at radius 1 is 1.44 bits per heavy atom. The normalized spacial score (nSPS) is 27.4. The van der Waals surface area contributed by atoms with Crippen molar-refractivity contribution in [3.63, 3.8) is 0 Å². The van der Waals surface area contributed by atoms with Crippen molar-refractivity contribution in [2.45, 2.75) is 31.0 Å². The van der Waals surface area contributed by atoms with Gasteiger partial charge in [-0.15, -0.1) is 0 Å². The average Bonchev–Trinajstić information content (AvgIpc) is 2.64. The lowest BCUT2D eigenvalue weighted by atomic mass is 9.75. The lowest BCUT2D eigenvalue weighted by molar-refractivity contribution is -0.127. The first-order valence-electron chi connectivity index (χ1n) is 6.27. The summed E-state index contributed by atoms with van der Waals surface area (Å²) in [4.78, 5) is 4.59. The van der Waals surface area contributed by atoms with Crippen molar-refractivity contribution in [2.75, 3.05) is 7.11 Å². The van der Waals surface area contributed by atoms with Gasteiger partial charge < -0.3 is 14.4 Å². The molecule has 1 saturated carbocycles. The molecule has 0 unspecified atom stereocenters. The van der Waals surface area contributed by atoms with Crippen LogP contribution in [0.25, 0.3) is 11.0 Å². The Kier molecular flexibility index (Phi) is 2.64. The molecule has 4 nitrogen and oxygen atoms in total. The third-order valence-electron chi connectivity index (χ3n) is 3.92. The van der Waals surface area contributed by atoms with Gasteiger partial charge in [0.25, 0.3) is 0 Å². The van der Waals surface area contributed by atoms with Crippen LogP contribution < -0.4 is 0 Å². The van der Waals surface area contributed by atoms with Crippen LogP contribution in [-0.4, -0.2) is 33.5 Å². The van der Waals surface area contributed by atoms with E-state index in [1.807, 2.05) is 25.2 Å². The summed E-state index contributed by atoms with van der Waals surface area (Å²) in [5.41, 5.74) is 1.45. The highest BCUT2D eigenvalue weighted by Gasteiger charge is 2.43. The molecule has 0 bridgehead atoms.